The van der Waals surface area contributed by atoms with E-state index in [1.165, 1.54) is 25.7 Å². The minimum absolute atomic E-state index is 0.340. The molecular weight excluding hydrogens is 282 g/mol. The average molecular weight is 307 g/mol. The van der Waals surface area contributed by atoms with E-state index < -0.39 is 0 Å². The van der Waals surface area contributed by atoms with Gasteiger partial charge in [-0.1, -0.05) is 5.16 Å². The highest BCUT2D eigenvalue weighted by Gasteiger charge is 2.30. The van der Waals surface area contributed by atoms with Crippen molar-refractivity contribution >= 4 is 0 Å². The lowest BCUT2D eigenvalue weighted by molar-refractivity contribution is 0.0309. The van der Waals surface area contributed by atoms with Crippen LogP contribution < -0.4 is 0 Å². The van der Waals surface area contributed by atoms with Crippen molar-refractivity contribution in [3.05, 3.63) is 11.7 Å². The normalized spacial score (nSPS) is 28.8. The quantitative estimate of drug-likeness (QED) is 0.769. The van der Waals surface area contributed by atoms with Gasteiger partial charge in [0.05, 0.1) is 18.8 Å². The first-order valence-electron chi connectivity index (χ1n) is 8.65. The van der Waals surface area contributed by atoms with Crippen LogP contribution in [0.1, 0.15) is 56.2 Å². The zero-order valence-corrected chi connectivity index (χ0v) is 13.1. The molecule has 0 bridgehead atoms. The Morgan fingerprint density at radius 1 is 0.955 bits per heavy atom. The van der Waals surface area contributed by atoms with Crippen molar-refractivity contribution in [2.24, 2.45) is 0 Å². The zero-order valence-electron chi connectivity index (χ0n) is 13.1. The third kappa shape index (κ3) is 3.67. The number of aromatic nitrogens is 2. The van der Waals surface area contributed by atoms with Crippen molar-refractivity contribution in [3.8, 4) is 0 Å². The van der Waals surface area contributed by atoms with Gasteiger partial charge in [-0.15, -0.1) is 0 Å². The van der Waals surface area contributed by atoms with Gasteiger partial charge in [-0.25, -0.2) is 0 Å². The number of ether oxygens (including phenoxy) is 2. The molecule has 3 heterocycles. The number of hydrogen-bond acceptors (Lipinski definition) is 6. The summed E-state index contributed by atoms with van der Waals surface area (Å²) in [7, 11) is 0. The van der Waals surface area contributed by atoms with Crippen molar-refractivity contribution in [1.82, 2.24) is 15.0 Å². The van der Waals surface area contributed by atoms with Crippen molar-refractivity contribution in [1.29, 1.82) is 0 Å². The summed E-state index contributed by atoms with van der Waals surface area (Å²) in [5.41, 5.74) is 0. The molecule has 4 rings (SSSR count). The molecule has 1 aliphatic carbocycles. The molecule has 0 aromatic carbocycles. The molecule has 2 aliphatic heterocycles. The Morgan fingerprint density at radius 3 is 2.18 bits per heavy atom. The van der Waals surface area contributed by atoms with E-state index in [1.807, 2.05) is 0 Å². The molecule has 6 nitrogen and oxygen atoms in total. The Balaban J connectivity index is 1.37. The molecule has 2 atom stereocenters. The second kappa shape index (κ2) is 6.64. The summed E-state index contributed by atoms with van der Waals surface area (Å²) in [5.74, 6) is 2.17. The van der Waals surface area contributed by atoms with E-state index in [4.69, 9.17) is 14.0 Å². The van der Waals surface area contributed by atoms with Crippen molar-refractivity contribution in [3.63, 3.8) is 0 Å². The van der Waals surface area contributed by atoms with E-state index >= 15 is 0 Å². The molecule has 0 N–H and O–H groups in total. The first kappa shape index (κ1) is 14.6. The summed E-state index contributed by atoms with van der Waals surface area (Å²) >= 11 is 0. The van der Waals surface area contributed by atoms with Gasteiger partial charge in [-0.05, 0) is 38.5 Å². The molecule has 1 aromatic heterocycles. The van der Waals surface area contributed by atoms with Crippen LogP contribution in [0.2, 0.25) is 0 Å². The SMILES string of the molecule is C1CO[C@@H](CN(Cc2nc(C3CC3)no2)C[C@H]2CCCO2)C1. The molecule has 0 amide bonds. The van der Waals surface area contributed by atoms with Crippen molar-refractivity contribution in [2.75, 3.05) is 26.3 Å². The fourth-order valence-electron chi connectivity index (χ4n) is 3.39. The van der Waals surface area contributed by atoms with Gasteiger partial charge in [0.1, 0.15) is 0 Å². The molecule has 6 heteroatoms. The lowest BCUT2D eigenvalue weighted by Crippen LogP contribution is -2.37. The van der Waals surface area contributed by atoms with Crippen LogP contribution in [0.4, 0.5) is 0 Å². The summed E-state index contributed by atoms with van der Waals surface area (Å²) in [4.78, 5) is 6.93. The van der Waals surface area contributed by atoms with Gasteiger partial charge >= 0.3 is 0 Å². The molecule has 3 fully saturated rings. The Labute approximate surface area is 131 Å². The van der Waals surface area contributed by atoms with E-state index in [1.54, 1.807) is 0 Å². The second-order valence-corrected chi connectivity index (χ2v) is 6.78. The monoisotopic (exact) mass is 307 g/mol. The summed E-state index contributed by atoms with van der Waals surface area (Å²) in [6, 6.07) is 0. The van der Waals surface area contributed by atoms with Gasteiger partial charge in [-0.2, -0.15) is 4.98 Å². The molecule has 0 spiro atoms. The Bertz CT molecular complexity index is 459. The maximum absolute atomic E-state index is 5.79. The highest BCUT2D eigenvalue weighted by Crippen LogP contribution is 2.38. The largest absolute Gasteiger partial charge is 0.377 e. The number of rotatable bonds is 7. The number of nitrogens with zero attached hydrogens (tertiary/aromatic N) is 3. The van der Waals surface area contributed by atoms with Gasteiger partial charge in [-0.3, -0.25) is 4.90 Å². The van der Waals surface area contributed by atoms with E-state index in [-0.39, 0.29) is 0 Å². The molecule has 22 heavy (non-hydrogen) atoms. The first-order valence-corrected chi connectivity index (χ1v) is 8.65. The van der Waals surface area contributed by atoms with Crippen LogP contribution in [-0.4, -0.2) is 53.6 Å². The van der Waals surface area contributed by atoms with E-state index in [9.17, 15) is 0 Å². The minimum Gasteiger partial charge on any atom is -0.377 e. The summed E-state index contributed by atoms with van der Waals surface area (Å²) < 4.78 is 17.0. The maximum Gasteiger partial charge on any atom is 0.240 e. The third-order valence-electron chi connectivity index (χ3n) is 4.76. The van der Waals surface area contributed by atoms with Gasteiger partial charge in [0.15, 0.2) is 5.82 Å². The lowest BCUT2D eigenvalue weighted by atomic mass is 10.2. The van der Waals surface area contributed by atoms with Gasteiger partial charge in [0, 0.05) is 32.2 Å². The van der Waals surface area contributed by atoms with Crippen LogP contribution in [-0.2, 0) is 16.0 Å². The van der Waals surface area contributed by atoms with Gasteiger partial charge < -0.3 is 14.0 Å². The first-order chi connectivity index (χ1) is 10.9. The Morgan fingerprint density at radius 2 is 1.64 bits per heavy atom. The number of hydrogen-bond donors (Lipinski definition) is 0. The van der Waals surface area contributed by atoms with Crippen LogP contribution in [0.25, 0.3) is 0 Å². The van der Waals surface area contributed by atoms with Crippen molar-refractivity contribution < 1.29 is 14.0 Å². The van der Waals surface area contributed by atoms with Crippen LogP contribution >= 0.6 is 0 Å². The molecule has 0 radical (unpaired) electrons. The standard InChI is InChI=1S/C16H25N3O3/c1-3-13(20-7-1)9-19(10-14-4-2-8-21-14)11-15-17-16(18-22-15)12-5-6-12/h12-14H,1-11H2/t13-,14-/m1/s1. The third-order valence-corrected chi connectivity index (χ3v) is 4.76. The molecular formula is C16H25N3O3. The Hall–Kier alpha value is -0.980. The minimum atomic E-state index is 0.340. The smallest absolute Gasteiger partial charge is 0.240 e. The summed E-state index contributed by atoms with van der Waals surface area (Å²) in [5, 5.41) is 4.12. The predicted octanol–water partition coefficient (Wildman–Crippen LogP) is 2.11. The lowest BCUT2D eigenvalue weighted by Gasteiger charge is -2.26. The fraction of sp³-hybridized carbons (Fsp3) is 0.875. The molecule has 3 aliphatic rings. The van der Waals surface area contributed by atoms with Crippen molar-refractivity contribution in [2.45, 2.75) is 63.2 Å². The maximum atomic E-state index is 5.79. The highest BCUT2D eigenvalue weighted by molar-refractivity contribution is 5.03. The molecule has 122 valence electrons. The Kier molecular flexibility index (Phi) is 4.41. The van der Waals surface area contributed by atoms with E-state index in [0.29, 0.717) is 24.7 Å². The van der Waals surface area contributed by atoms with Gasteiger partial charge in [0.25, 0.3) is 0 Å². The molecule has 1 aromatic rings. The summed E-state index contributed by atoms with van der Waals surface area (Å²) in [6.07, 6.45) is 7.73. The van der Waals surface area contributed by atoms with Gasteiger partial charge in [0.2, 0.25) is 5.89 Å². The highest BCUT2D eigenvalue weighted by atomic mass is 16.5. The van der Waals surface area contributed by atoms with Crippen LogP contribution in [0, 0.1) is 0 Å². The molecule has 0 unspecified atom stereocenters. The van der Waals surface area contributed by atoms with E-state index in [0.717, 1.165) is 50.9 Å². The second-order valence-electron chi connectivity index (χ2n) is 6.78. The molecule has 1 saturated carbocycles. The van der Waals surface area contributed by atoms with Crippen LogP contribution in [0.3, 0.4) is 0 Å². The molecule has 2 saturated heterocycles. The topological polar surface area (TPSA) is 60.6 Å². The zero-order chi connectivity index (χ0) is 14.8. The predicted molar refractivity (Wildman–Crippen MR) is 79.5 cm³/mol. The summed E-state index contributed by atoms with van der Waals surface area (Å²) in [6.45, 7) is 4.36. The average Bonchev–Trinajstić information content (AvgIpc) is 2.96. The van der Waals surface area contributed by atoms with E-state index in [2.05, 4.69) is 15.0 Å². The van der Waals surface area contributed by atoms with Crippen LogP contribution in [0.15, 0.2) is 4.52 Å². The van der Waals surface area contributed by atoms with Crippen LogP contribution in [0.5, 0.6) is 0 Å². The fourth-order valence-corrected chi connectivity index (χ4v) is 3.39.